The summed E-state index contributed by atoms with van der Waals surface area (Å²) in [7, 11) is 0. The lowest BCUT2D eigenvalue weighted by Gasteiger charge is -2.28. The van der Waals surface area contributed by atoms with Crippen molar-refractivity contribution >= 4 is 0 Å². The molecule has 0 aliphatic carbocycles. The quantitative estimate of drug-likeness (QED) is 0.853. The van der Waals surface area contributed by atoms with Crippen molar-refractivity contribution in [1.82, 2.24) is 0 Å². The number of halogens is 2. The van der Waals surface area contributed by atoms with Crippen LogP contribution < -0.4 is 5.73 Å². The molecule has 114 valence electrons. The number of nitrogens with two attached hydrogens (primary N) is 1. The Labute approximate surface area is 120 Å². The molecule has 1 aromatic carbocycles. The average Bonchev–Trinajstić information content (AvgIpc) is 2.24. The largest absolute Gasteiger partial charge is 0.507 e. The number of hydrogen-bond acceptors (Lipinski definition) is 2. The van der Waals surface area contributed by atoms with Crippen LogP contribution in [0, 0.1) is 0 Å². The minimum atomic E-state index is -2.70. The van der Waals surface area contributed by atoms with Crippen molar-refractivity contribution in [2.24, 2.45) is 5.73 Å². The fraction of sp³-hybridized carbons (Fsp3) is 0.625. The van der Waals surface area contributed by atoms with Crippen LogP contribution in [0.4, 0.5) is 8.78 Å². The van der Waals surface area contributed by atoms with Crippen molar-refractivity contribution in [2.45, 2.75) is 64.8 Å². The molecule has 0 aliphatic rings. The highest BCUT2D eigenvalue weighted by Crippen LogP contribution is 2.40. The zero-order valence-electron chi connectivity index (χ0n) is 13.1. The predicted molar refractivity (Wildman–Crippen MR) is 78.4 cm³/mol. The van der Waals surface area contributed by atoms with Gasteiger partial charge in [-0.05, 0) is 28.0 Å². The minimum Gasteiger partial charge on any atom is -0.507 e. The van der Waals surface area contributed by atoms with Crippen molar-refractivity contribution in [1.29, 1.82) is 0 Å². The number of hydrogen-bond donors (Lipinski definition) is 2. The first-order valence-corrected chi connectivity index (χ1v) is 6.77. The van der Waals surface area contributed by atoms with Gasteiger partial charge in [0.2, 0.25) is 0 Å². The number of phenols is 1. The van der Waals surface area contributed by atoms with Gasteiger partial charge in [0, 0.05) is 5.56 Å². The van der Waals surface area contributed by atoms with Gasteiger partial charge in [-0.15, -0.1) is 0 Å². The SMILES string of the molecule is CC(C)(C)c1cc([C@@H](N)C(F)F)c(O)c(C(C)(C)C)c1. The average molecular weight is 285 g/mol. The van der Waals surface area contributed by atoms with E-state index in [4.69, 9.17) is 5.73 Å². The maximum Gasteiger partial charge on any atom is 0.257 e. The molecule has 1 aromatic rings. The lowest BCUT2D eigenvalue weighted by Crippen LogP contribution is -2.23. The van der Waals surface area contributed by atoms with Gasteiger partial charge < -0.3 is 10.8 Å². The molecule has 0 saturated carbocycles. The molecule has 0 bridgehead atoms. The highest BCUT2D eigenvalue weighted by atomic mass is 19.3. The Kier molecular flexibility index (Phi) is 4.49. The van der Waals surface area contributed by atoms with Crippen LogP contribution in [0.1, 0.15) is 64.3 Å². The molecular weight excluding hydrogens is 260 g/mol. The Morgan fingerprint density at radius 3 is 1.85 bits per heavy atom. The topological polar surface area (TPSA) is 46.2 Å². The highest BCUT2D eigenvalue weighted by Gasteiger charge is 2.29. The zero-order chi connectivity index (χ0) is 15.9. The van der Waals surface area contributed by atoms with E-state index in [1.165, 1.54) is 0 Å². The summed E-state index contributed by atoms with van der Waals surface area (Å²) in [5.74, 6) is -0.113. The summed E-state index contributed by atoms with van der Waals surface area (Å²) in [5.41, 5.74) is 6.67. The van der Waals surface area contributed by atoms with Gasteiger partial charge in [-0.3, -0.25) is 0 Å². The van der Waals surface area contributed by atoms with Gasteiger partial charge in [0.15, 0.2) is 0 Å². The molecule has 0 heterocycles. The number of phenolic OH excluding ortho intramolecular Hbond substituents is 1. The summed E-state index contributed by atoms with van der Waals surface area (Å²) in [6, 6.07) is 2.01. The molecule has 0 spiro atoms. The third-order valence-electron chi connectivity index (χ3n) is 3.44. The fourth-order valence-electron chi connectivity index (χ4n) is 2.05. The highest BCUT2D eigenvalue weighted by molar-refractivity contribution is 5.50. The molecule has 1 atom stereocenters. The molecule has 20 heavy (non-hydrogen) atoms. The molecule has 0 saturated heterocycles. The molecular formula is C16H25F2NO. The van der Waals surface area contributed by atoms with Gasteiger partial charge in [-0.25, -0.2) is 8.78 Å². The smallest absolute Gasteiger partial charge is 0.257 e. The third-order valence-corrected chi connectivity index (χ3v) is 3.44. The predicted octanol–water partition coefficient (Wildman–Crippen LogP) is 4.25. The van der Waals surface area contributed by atoms with Crippen LogP contribution in [0.5, 0.6) is 5.75 Å². The van der Waals surface area contributed by atoms with E-state index in [0.29, 0.717) is 5.56 Å². The second-order valence-corrected chi connectivity index (χ2v) is 7.32. The summed E-state index contributed by atoms with van der Waals surface area (Å²) in [6.45, 7) is 11.8. The van der Waals surface area contributed by atoms with Gasteiger partial charge in [-0.2, -0.15) is 0 Å². The molecule has 0 radical (unpaired) electrons. The third kappa shape index (κ3) is 3.48. The Hall–Kier alpha value is -1.16. The lowest BCUT2D eigenvalue weighted by molar-refractivity contribution is 0.115. The van der Waals surface area contributed by atoms with E-state index in [-0.39, 0.29) is 22.1 Å². The Bertz CT molecular complexity index is 484. The number of alkyl halides is 2. The summed E-state index contributed by atoms with van der Waals surface area (Å²) in [5, 5.41) is 10.3. The van der Waals surface area contributed by atoms with E-state index in [1.54, 1.807) is 6.07 Å². The van der Waals surface area contributed by atoms with Gasteiger partial charge in [-0.1, -0.05) is 47.6 Å². The molecule has 0 unspecified atom stereocenters. The minimum absolute atomic E-state index is 0.113. The van der Waals surface area contributed by atoms with Crippen LogP contribution in [0.3, 0.4) is 0 Å². The molecule has 0 amide bonds. The van der Waals surface area contributed by atoms with E-state index in [2.05, 4.69) is 0 Å². The van der Waals surface area contributed by atoms with Crippen LogP contribution in [0.2, 0.25) is 0 Å². The summed E-state index contributed by atoms with van der Waals surface area (Å²) in [6.07, 6.45) is -2.70. The van der Waals surface area contributed by atoms with Crippen molar-refractivity contribution < 1.29 is 13.9 Å². The van der Waals surface area contributed by atoms with Gasteiger partial charge in [0.05, 0.1) is 6.04 Å². The normalized spacial score (nSPS) is 14.7. The number of aromatic hydroxyl groups is 1. The van der Waals surface area contributed by atoms with E-state index < -0.39 is 12.5 Å². The molecule has 4 heteroatoms. The van der Waals surface area contributed by atoms with Crippen LogP contribution in [-0.4, -0.2) is 11.5 Å². The van der Waals surface area contributed by atoms with Crippen LogP contribution in [-0.2, 0) is 10.8 Å². The van der Waals surface area contributed by atoms with Crippen LogP contribution in [0.25, 0.3) is 0 Å². The van der Waals surface area contributed by atoms with Crippen LogP contribution in [0.15, 0.2) is 12.1 Å². The van der Waals surface area contributed by atoms with Crippen molar-refractivity contribution in [3.8, 4) is 5.75 Å². The van der Waals surface area contributed by atoms with Crippen molar-refractivity contribution in [3.63, 3.8) is 0 Å². The Balaban J connectivity index is 3.60. The molecule has 0 aromatic heterocycles. The maximum atomic E-state index is 12.9. The van der Waals surface area contributed by atoms with Gasteiger partial charge >= 0.3 is 0 Å². The summed E-state index contributed by atoms with van der Waals surface area (Å²) in [4.78, 5) is 0. The molecule has 2 nitrogen and oxygen atoms in total. The number of benzene rings is 1. The molecule has 0 aliphatic heterocycles. The first kappa shape index (κ1) is 16.9. The first-order valence-electron chi connectivity index (χ1n) is 6.77. The monoisotopic (exact) mass is 285 g/mol. The van der Waals surface area contributed by atoms with E-state index in [9.17, 15) is 13.9 Å². The second kappa shape index (κ2) is 5.32. The van der Waals surface area contributed by atoms with E-state index in [1.807, 2.05) is 47.6 Å². The van der Waals surface area contributed by atoms with E-state index >= 15 is 0 Å². The standard InChI is InChI=1S/C16H25F2NO/c1-15(2,3)9-7-10(12(19)14(17)18)13(20)11(8-9)16(4,5)6/h7-8,12,14,20H,19H2,1-6H3/t12-/m1/s1. The van der Waals surface area contributed by atoms with Gasteiger partial charge in [0.1, 0.15) is 5.75 Å². The molecule has 1 rings (SSSR count). The lowest BCUT2D eigenvalue weighted by atomic mass is 9.78. The first-order chi connectivity index (χ1) is 8.85. The summed E-state index contributed by atoms with van der Waals surface area (Å²) >= 11 is 0. The molecule has 3 N–H and O–H groups in total. The van der Waals surface area contributed by atoms with E-state index in [0.717, 1.165) is 5.56 Å². The zero-order valence-corrected chi connectivity index (χ0v) is 13.1. The van der Waals surface area contributed by atoms with Crippen molar-refractivity contribution in [2.75, 3.05) is 0 Å². The fourth-order valence-corrected chi connectivity index (χ4v) is 2.05. The molecule has 0 fully saturated rings. The van der Waals surface area contributed by atoms with Gasteiger partial charge in [0.25, 0.3) is 6.43 Å². The second-order valence-electron chi connectivity index (χ2n) is 7.32. The van der Waals surface area contributed by atoms with Crippen LogP contribution >= 0.6 is 0 Å². The number of rotatable bonds is 2. The Morgan fingerprint density at radius 2 is 1.50 bits per heavy atom. The Morgan fingerprint density at radius 1 is 1.00 bits per heavy atom. The maximum absolute atomic E-state index is 12.9. The van der Waals surface area contributed by atoms with Crippen molar-refractivity contribution in [3.05, 3.63) is 28.8 Å². The summed E-state index contributed by atoms with van der Waals surface area (Å²) < 4.78 is 25.8.